The van der Waals surface area contributed by atoms with Gasteiger partial charge in [-0.2, -0.15) is 0 Å². The van der Waals surface area contributed by atoms with Gasteiger partial charge in [0.2, 0.25) is 5.96 Å². The van der Waals surface area contributed by atoms with E-state index in [1.54, 1.807) is 6.07 Å². The minimum absolute atomic E-state index is 0. The number of sulfonamides is 1. The van der Waals surface area contributed by atoms with Gasteiger partial charge < -0.3 is 5.32 Å². The number of anilines is 1. The fourth-order valence-electron chi connectivity index (χ4n) is 4.22. The lowest BCUT2D eigenvalue weighted by atomic mass is 9.86. The van der Waals surface area contributed by atoms with Gasteiger partial charge in [-0.15, -0.1) is 0 Å². The fraction of sp³-hybridized carbons (Fsp3) is 0.240. The van der Waals surface area contributed by atoms with Crippen LogP contribution in [0.2, 0.25) is 0 Å². The molecule has 1 unspecified atom stereocenters. The summed E-state index contributed by atoms with van der Waals surface area (Å²) in [5, 5.41) is 3.28. The fourth-order valence-corrected chi connectivity index (χ4v) is 5.38. The summed E-state index contributed by atoms with van der Waals surface area (Å²) < 4.78 is 28.6. The van der Waals surface area contributed by atoms with Gasteiger partial charge >= 0.3 is 0 Å². The van der Waals surface area contributed by atoms with E-state index in [9.17, 15) is 8.42 Å². The third kappa shape index (κ3) is 4.21. The van der Waals surface area contributed by atoms with Crippen molar-refractivity contribution in [3.63, 3.8) is 0 Å². The lowest BCUT2D eigenvalue weighted by Crippen LogP contribution is -2.41. The van der Waals surface area contributed by atoms with Crippen molar-refractivity contribution in [1.82, 2.24) is 4.72 Å². The van der Waals surface area contributed by atoms with Gasteiger partial charge in [0.1, 0.15) is 4.90 Å². The first-order valence-corrected chi connectivity index (χ1v) is 11.8. The van der Waals surface area contributed by atoms with Crippen LogP contribution < -0.4 is 10.0 Å². The second kappa shape index (κ2) is 8.19. The molecule has 0 saturated heterocycles. The summed E-state index contributed by atoms with van der Waals surface area (Å²) in [5.41, 5.74) is 7.14. The Morgan fingerprint density at radius 1 is 0.968 bits per heavy atom. The zero-order chi connectivity index (χ0) is 22.2. The molecule has 3 aromatic rings. The van der Waals surface area contributed by atoms with Crippen molar-refractivity contribution < 1.29 is 11.3 Å². The molecule has 6 heteroatoms. The van der Waals surface area contributed by atoms with E-state index < -0.39 is 10.0 Å². The number of fused-ring (bicyclic) bond motifs is 1. The van der Waals surface area contributed by atoms with E-state index in [2.05, 4.69) is 41.0 Å². The number of aliphatic imine (C=N–C) groups is 1. The number of nitrogens with one attached hydrogen (secondary N) is 2. The second-order valence-electron chi connectivity index (χ2n) is 8.13. The summed E-state index contributed by atoms with van der Waals surface area (Å²) in [4.78, 5) is 4.78. The molecule has 0 bridgehead atoms. The number of guanidine groups is 1. The predicted molar refractivity (Wildman–Crippen MR) is 130 cm³/mol. The maximum Gasteiger partial charge on any atom is 0.266 e. The van der Waals surface area contributed by atoms with E-state index in [1.807, 2.05) is 56.3 Å². The van der Waals surface area contributed by atoms with E-state index in [1.165, 1.54) is 11.1 Å². The molecule has 5 nitrogen and oxygen atoms in total. The van der Waals surface area contributed by atoms with Crippen molar-refractivity contribution >= 4 is 21.7 Å². The summed E-state index contributed by atoms with van der Waals surface area (Å²) in [7, 11) is -3.71. The summed E-state index contributed by atoms with van der Waals surface area (Å²) in [6.07, 6.45) is 0. The van der Waals surface area contributed by atoms with E-state index in [0.29, 0.717) is 12.2 Å². The third-order valence-electron chi connectivity index (χ3n) is 5.78. The van der Waals surface area contributed by atoms with E-state index in [-0.39, 0.29) is 19.6 Å². The number of aryl methyl sites for hydroxylation is 3. The van der Waals surface area contributed by atoms with Gasteiger partial charge in [0, 0.05) is 8.77 Å². The monoisotopic (exact) mass is 437 g/mol. The average Bonchev–Trinajstić information content (AvgIpc) is 2.71. The van der Waals surface area contributed by atoms with E-state index >= 15 is 0 Å². The van der Waals surface area contributed by atoms with Crippen LogP contribution in [0.5, 0.6) is 0 Å². The van der Waals surface area contributed by atoms with Crippen molar-refractivity contribution in [3.05, 3.63) is 94.0 Å². The molecular formula is C25H31N3O2S. The summed E-state index contributed by atoms with van der Waals surface area (Å²) >= 11 is 0. The Hall–Kier alpha value is -3.12. The Balaban J connectivity index is 0.00000193. The van der Waals surface area contributed by atoms with Gasteiger partial charge in [-0.3, -0.25) is 0 Å². The maximum absolute atomic E-state index is 13.0. The Kier molecular flexibility index (Phi) is 5.58. The molecule has 1 heterocycles. The van der Waals surface area contributed by atoms with Crippen LogP contribution in [0.15, 0.2) is 70.6 Å². The predicted octanol–water partition coefficient (Wildman–Crippen LogP) is 5.52. The molecule has 0 spiro atoms. The highest BCUT2D eigenvalue weighted by Gasteiger charge is 2.31. The van der Waals surface area contributed by atoms with Crippen molar-refractivity contribution in [2.45, 2.75) is 45.1 Å². The summed E-state index contributed by atoms with van der Waals surface area (Å²) in [6, 6.07) is 19.8. The lowest BCUT2D eigenvalue weighted by Gasteiger charge is -2.28. The highest BCUT2D eigenvalue weighted by Crippen LogP contribution is 2.39. The molecule has 1 atom stereocenters. The standard InChI is InChI=1S/C25H27N3O2S.2H2/c1-16-8-7-10-20(14-16)15-26-25-27-24-22(31(29,30)28-25)13-12-18(3)23(24)19(4)21-11-6-5-9-17(21)2;;/h5-14,19H,15H2,1-4H3,(H2,26,27,28);2*1H. The molecule has 31 heavy (non-hydrogen) atoms. The molecule has 1 aliphatic rings. The molecular weight excluding hydrogens is 406 g/mol. The number of hydrogen-bond acceptors (Lipinski definition) is 3. The Morgan fingerprint density at radius 2 is 1.74 bits per heavy atom. The number of hydrogen-bond donors (Lipinski definition) is 2. The highest BCUT2D eigenvalue weighted by molar-refractivity contribution is 7.90. The quantitative estimate of drug-likeness (QED) is 0.565. The first-order valence-electron chi connectivity index (χ1n) is 10.3. The molecule has 1 aliphatic heterocycles. The smallest absolute Gasteiger partial charge is 0.266 e. The van der Waals surface area contributed by atoms with Crippen LogP contribution in [0.25, 0.3) is 0 Å². The molecule has 2 N–H and O–H groups in total. The van der Waals surface area contributed by atoms with Crippen LogP contribution in [-0.4, -0.2) is 14.4 Å². The number of benzene rings is 3. The van der Waals surface area contributed by atoms with Crippen LogP contribution in [0.4, 0.5) is 5.69 Å². The van der Waals surface area contributed by atoms with Crippen molar-refractivity contribution in [2.75, 3.05) is 5.32 Å². The second-order valence-corrected chi connectivity index (χ2v) is 9.78. The topological polar surface area (TPSA) is 70.6 Å². The van der Waals surface area contributed by atoms with Crippen LogP contribution in [-0.2, 0) is 16.6 Å². The minimum Gasteiger partial charge on any atom is -0.324 e. The molecule has 0 radical (unpaired) electrons. The Labute approximate surface area is 187 Å². The molecule has 4 rings (SSSR count). The first kappa shape index (κ1) is 21.1. The van der Waals surface area contributed by atoms with Crippen molar-refractivity contribution in [1.29, 1.82) is 0 Å². The van der Waals surface area contributed by atoms with E-state index in [0.717, 1.165) is 22.3 Å². The van der Waals surface area contributed by atoms with Gasteiger partial charge in [-0.05, 0) is 54.7 Å². The largest absolute Gasteiger partial charge is 0.324 e. The Morgan fingerprint density at radius 3 is 2.48 bits per heavy atom. The van der Waals surface area contributed by atoms with Crippen molar-refractivity contribution in [2.24, 2.45) is 4.99 Å². The third-order valence-corrected chi connectivity index (χ3v) is 7.16. The zero-order valence-electron chi connectivity index (χ0n) is 18.2. The van der Waals surface area contributed by atoms with Crippen LogP contribution in [0.3, 0.4) is 0 Å². The average molecular weight is 438 g/mol. The molecule has 0 saturated carbocycles. The first-order chi connectivity index (χ1) is 14.8. The van der Waals surface area contributed by atoms with Gasteiger partial charge in [0.15, 0.2) is 0 Å². The molecule has 164 valence electrons. The SMILES string of the molecule is Cc1cccc(CN=C2Nc3c(ccc(C)c3C(C)c3ccccc3C)S(=O)(=O)N2)c1.[HH].[HH]. The zero-order valence-corrected chi connectivity index (χ0v) is 19.0. The van der Waals surface area contributed by atoms with Gasteiger partial charge in [0.25, 0.3) is 10.0 Å². The number of nitrogens with zero attached hydrogens (tertiary/aromatic N) is 1. The summed E-state index contributed by atoms with van der Waals surface area (Å²) in [6.45, 7) is 8.62. The van der Waals surface area contributed by atoms with Crippen LogP contribution >= 0.6 is 0 Å². The van der Waals surface area contributed by atoms with Gasteiger partial charge in [-0.25, -0.2) is 18.1 Å². The molecule has 0 aliphatic carbocycles. The molecule has 0 aromatic heterocycles. The normalized spacial score (nSPS) is 16.8. The van der Waals surface area contributed by atoms with E-state index in [4.69, 9.17) is 0 Å². The lowest BCUT2D eigenvalue weighted by molar-refractivity contribution is 0.591. The Bertz CT molecular complexity index is 1290. The van der Waals surface area contributed by atoms with Gasteiger partial charge in [0.05, 0.1) is 12.2 Å². The summed E-state index contributed by atoms with van der Waals surface area (Å²) in [5.74, 6) is 0.271. The molecule has 0 fully saturated rings. The molecule has 0 amide bonds. The van der Waals surface area contributed by atoms with Crippen LogP contribution in [0, 0.1) is 20.8 Å². The minimum atomic E-state index is -3.71. The van der Waals surface area contributed by atoms with Gasteiger partial charge in [-0.1, -0.05) is 67.1 Å². The highest BCUT2D eigenvalue weighted by atomic mass is 32.2. The van der Waals surface area contributed by atoms with Crippen molar-refractivity contribution in [3.8, 4) is 0 Å². The maximum atomic E-state index is 13.0. The molecule has 3 aromatic carbocycles. The van der Waals surface area contributed by atoms with Crippen LogP contribution in [0.1, 0.15) is 49.1 Å². The number of rotatable bonds is 4.